The monoisotopic (exact) mass is 285 g/mol. The molecule has 2 aromatic rings. The van der Waals surface area contributed by atoms with Crippen molar-refractivity contribution in [1.82, 2.24) is 15.0 Å². The van der Waals surface area contributed by atoms with E-state index in [1.165, 1.54) is 7.11 Å². The fourth-order valence-corrected chi connectivity index (χ4v) is 2.42. The highest BCUT2D eigenvalue weighted by molar-refractivity contribution is 5.95. The number of carbonyl (C=O) groups excluding carboxylic acids is 1. The van der Waals surface area contributed by atoms with E-state index < -0.39 is 0 Å². The molecule has 0 fully saturated rings. The van der Waals surface area contributed by atoms with E-state index in [0.717, 1.165) is 28.4 Å². The lowest BCUT2D eigenvalue weighted by molar-refractivity contribution is -0.136. The lowest BCUT2D eigenvalue weighted by Gasteiger charge is -2.08. The van der Waals surface area contributed by atoms with Crippen molar-refractivity contribution in [2.24, 2.45) is 0 Å². The van der Waals surface area contributed by atoms with Gasteiger partial charge in [0.1, 0.15) is 5.75 Å². The van der Waals surface area contributed by atoms with Crippen LogP contribution in [0, 0.1) is 6.92 Å². The fourth-order valence-electron chi connectivity index (χ4n) is 2.42. The van der Waals surface area contributed by atoms with Crippen LogP contribution < -0.4 is 4.74 Å². The van der Waals surface area contributed by atoms with Gasteiger partial charge in [0.2, 0.25) is 0 Å². The molecule has 0 bridgehead atoms. The zero-order chi connectivity index (χ0) is 15.0. The first-order valence-corrected chi connectivity index (χ1v) is 6.52. The highest BCUT2D eigenvalue weighted by Gasteiger charge is 2.23. The number of carbonyl (C=O) groups is 1. The van der Waals surface area contributed by atoms with Gasteiger partial charge in [0, 0.05) is 17.6 Å². The van der Waals surface area contributed by atoms with Gasteiger partial charge in [-0.1, -0.05) is 5.21 Å². The topological polar surface area (TPSA) is 66.2 Å². The number of methoxy groups -OCH3 is 2. The Morgan fingerprint density at radius 1 is 1.33 bits per heavy atom. The molecule has 21 heavy (non-hydrogen) atoms. The first-order chi connectivity index (χ1) is 10.1. The molecular weight excluding hydrogens is 270 g/mol. The van der Waals surface area contributed by atoms with Gasteiger partial charge in [-0.05, 0) is 31.2 Å². The second kappa shape index (κ2) is 5.05. The van der Waals surface area contributed by atoms with E-state index in [4.69, 9.17) is 9.47 Å². The molecule has 3 rings (SSSR count). The number of hydrogen-bond acceptors (Lipinski definition) is 5. The predicted octanol–water partition coefficient (Wildman–Crippen LogP) is 1.70. The van der Waals surface area contributed by atoms with Gasteiger partial charge in [-0.25, -0.2) is 9.48 Å². The number of esters is 1. The Hall–Kier alpha value is -2.63. The molecule has 1 aromatic carbocycles. The summed E-state index contributed by atoms with van der Waals surface area (Å²) in [7, 11) is 2.98. The van der Waals surface area contributed by atoms with E-state index in [1.54, 1.807) is 11.8 Å². The van der Waals surface area contributed by atoms with Crippen LogP contribution >= 0.6 is 0 Å². The molecule has 0 spiro atoms. The fraction of sp³-hybridized carbons (Fsp3) is 0.267. The first kappa shape index (κ1) is 13.4. The number of nitrogens with zero attached hydrogens (tertiary/aromatic N) is 3. The number of rotatable bonds is 2. The summed E-state index contributed by atoms with van der Waals surface area (Å²) in [5.41, 5.74) is 3.96. The molecular formula is C15H15N3O3. The van der Waals surface area contributed by atoms with E-state index >= 15 is 0 Å². The van der Waals surface area contributed by atoms with Crippen LogP contribution in [0.25, 0.3) is 11.8 Å². The van der Waals surface area contributed by atoms with Gasteiger partial charge in [0.15, 0.2) is 0 Å². The van der Waals surface area contributed by atoms with Crippen LogP contribution in [-0.2, 0) is 16.0 Å². The van der Waals surface area contributed by atoms with E-state index in [0.29, 0.717) is 12.0 Å². The Balaban J connectivity index is 2.25. The number of benzene rings is 1. The van der Waals surface area contributed by atoms with E-state index in [1.807, 2.05) is 31.2 Å². The molecule has 6 nitrogen and oxygen atoms in total. The second-order valence-electron chi connectivity index (χ2n) is 4.80. The van der Waals surface area contributed by atoms with Crippen LogP contribution in [0.1, 0.15) is 17.0 Å². The van der Waals surface area contributed by atoms with Crippen molar-refractivity contribution in [2.75, 3.05) is 14.2 Å². The number of aryl methyl sites for hydroxylation is 1. The summed E-state index contributed by atoms with van der Waals surface area (Å²) in [5, 5.41) is 8.28. The Morgan fingerprint density at radius 2 is 2.14 bits per heavy atom. The van der Waals surface area contributed by atoms with Gasteiger partial charge < -0.3 is 9.47 Å². The summed E-state index contributed by atoms with van der Waals surface area (Å²) in [4.78, 5) is 12.0. The zero-order valence-corrected chi connectivity index (χ0v) is 12.1. The molecule has 0 saturated carbocycles. The molecule has 1 aliphatic heterocycles. The quantitative estimate of drug-likeness (QED) is 0.786. The standard InChI is InChI=1S/C15H15N3O3/c1-9-14-8-11(15(19)21-3)6-10-7-12(20-2)4-5-13(10)18(14)17-16-9/h4-7H,8H2,1-3H3. The number of ether oxygens (including phenoxy) is 2. The van der Waals surface area contributed by atoms with Crippen LogP contribution in [0.15, 0.2) is 23.8 Å². The lowest BCUT2D eigenvalue weighted by atomic mass is 10.1. The molecule has 0 atom stereocenters. The third-order valence-electron chi connectivity index (χ3n) is 3.56. The van der Waals surface area contributed by atoms with Gasteiger partial charge in [0.25, 0.3) is 0 Å². The summed E-state index contributed by atoms with van der Waals surface area (Å²) in [6.45, 7) is 1.88. The van der Waals surface area contributed by atoms with Crippen molar-refractivity contribution in [2.45, 2.75) is 13.3 Å². The minimum absolute atomic E-state index is 0.349. The van der Waals surface area contributed by atoms with E-state index in [-0.39, 0.29) is 5.97 Å². The number of aromatic nitrogens is 3. The maximum Gasteiger partial charge on any atom is 0.334 e. The van der Waals surface area contributed by atoms with Crippen LogP contribution in [-0.4, -0.2) is 35.2 Å². The van der Waals surface area contributed by atoms with Crippen LogP contribution in [0.2, 0.25) is 0 Å². The smallest absolute Gasteiger partial charge is 0.334 e. The maximum atomic E-state index is 12.0. The summed E-state index contributed by atoms with van der Waals surface area (Å²) in [6, 6.07) is 5.63. The SMILES string of the molecule is COC(=O)C1=Cc2cc(OC)ccc2-n2nnc(C)c2C1. The second-order valence-corrected chi connectivity index (χ2v) is 4.80. The Kier molecular flexibility index (Phi) is 3.21. The van der Waals surface area contributed by atoms with Crippen molar-refractivity contribution in [3.05, 3.63) is 40.7 Å². The number of hydrogen-bond donors (Lipinski definition) is 0. The molecule has 2 heterocycles. The van der Waals surface area contributed by atoms with Crippen LogP contribution in [0.4, 0.5) is 0 Å². The largest absolute Gasteiger partial charge is 0.497 e. The van der Waals surface area contributed by atoms with E-state index in [9.17, 15) is 4.79 Å². The molecule has 0 aliphatic carbocycles. The molecule has 108 valence electrons. The predicted molar refractivity (Wildman–Crippen MR) is 76.3 cm³/mol. The lowest BCUT2D eigenvalue weighted by Crippen LogP contribution is -2.09. The summed E-state index contributed by atoms with van der Waals surface area (Å²) < 4.78 is 11.9. The summed E-state index contributed by atoms with van der Waals surface area (Å²) in [6.07, 6.45) is 2.25. The molecule has 1 aromatic heterocycles. The van der Waals surface area contributed by atoms with Crippen molar-refractivity contribution < 1.29 is 14.3 Å². The zero-order valence-electron chi connectivity index (χ0n) is 12.1. The van der Waals surface area contributed by atoms with Crippen molar-refractivity contribution in [3.8, 4) is 11.4 Å². The number of fused-ring (bicyclic) bond motifs is 3. The first-order valence-electron chi connectivity index (χ1n) is 6.52. The van der Waals surface area contributed by atoms with Crippen molar-refractivity contribution >= 4 is 12.0 Å². The molecule has 6 heteroatoms. The normalized spacial score (nSPS) is 12.8. The van der Waals surface area contributed by atoms with Crippen molar-refractivity contribution in [3.63, 3.8) is 0 Å². The van der Waals surface area contributed by atoms with Gasteiger partial charge in [0.05, 0.1) is 31.3 Å². The highest BCUT2D eigenvalue weighted by atomic mass is 16.5. The molecule has 0 saturated heterocycles. The molecule has 0 radical (unpaired) electrons. The van der Waals surface area contributed by atoms with Gasteiger partial charge in [-0.2, -0.15) is 0 Å². The Bertz CT molecular complexity index is 747. The van der Waals surface area contributed by atoms with Gasteiger partial charge in [-0.15, -0.1) is 5.10 Å². The molecule has 1 aliphatic rings. The van der Waals surface area contributed by atoms with Gasteiger partial charge >= 0.3 is 5.97 Å². The maximum absolute atomic E-state index is 12.0. The third kappa shape index (κ3) is 2.18. The average molecular weight is 285 g/mol. The Morgan fingerprint density at radius 3 is 2.86 bits per heavy atom. The van der Waals surface area contributed by atoms with Crippen LogP contribution in [0.5, 0.6) is 5.75 Å². The minimum Gasteiger partial charge on any atom is -0.497 e. The summed E-state index contributed by atoms with van der Waals surface area (Å²) >= 11 is 0. The average Bonchev–Trinajstić information content (AvgIpc) is 2.78. The highest BCUT2D eigenvalue weighted by Crippen LogP contribution is 2.29. The molecule has 0 amide bonds. The summed E-state index contributed by atoms with van der Waals surface area (Å²) in [5.74, 6) is 0.368. The minimum atomic E-state index is -0.349. The Labute approximate surface area is 122 Å². The third-order valence-corrected chi connectivity index (χ3v) is 3.56. The molecule has 0 unspecified atom stereocenters. The van der Waals surface area contributed by atoms with Crippen molar-refractivity contribution in [1.29, 1.82) is 0 Å². The van der Waals surface area contributed by atoms with Gasteiger partial charge in [-0.3, -0.25) is 0 Å². The van der Waals surface area contributed by atoms with E-state index in [2.05, 4.69) is 10.3 Å². The van der Waals surface area contributed by atoms with Crippen LogP contribution in [0.3, 0.4) is 0 Å². The molecule has 0 N–H and O–H groups in total.